The summed E-state index contributed by atoms with van der Waals surface area (Å²) in [5, 5.41) is 18.2. The van der Waals surface area contributed by atoms with Gasteiger partial charge in [-0.15, -0.1) is 0 Å². The SMILES string of the molecule is CC(NC(=O)OC(C)(C)C)c1nc2cccnc2c(C(=O)O)c1-c1ccccn1.CNC(=O)c1c(-c2ccccn2)c(C(C)NC(=O)OC(C)(C)C)nc2cccnc12. The number of carbonyl (C=O) groups excluding carboxylic acids is 3. The summed E-state index contributed by atoms with van der Waals surface area (Å²) in [4.78, 5) is 76.4. The van der Waals surface area contributed by atoms with Crippen LogP contribution in [0.25, 0.3) is 44.6 Å². The van der Waals surface area contributed by atoms with Crippen LogP contribution in [0.4, 0.5) is 9.59 Å². The number of alkyl carbamates (subject to hydrolysis) is 2. The molecule has 6 heterocycles. The number of hydrogen-bond acceptors (Lipinski definition) is 12. The molecule has 0 spiro atoms. The number of carbonyl (C=O) groups is 4. The van der Waals surface area contributed by atoms with Gasteiger partial charge in [0.1, 0.15) is 22.2 Å². The molecule has 4 N–H and O–H groups in total. The molecule has 3 amide bonds. The fraction of sp³-hybridized carbons (Fsp3) is 0.302. The number of aromatic nitrogens is 6. The summed E-state index contributed by atoms with van der Waals surface area (Å²) < 4.78 is 10.7. The molecule has 0 aliphatic heterocycles. The van der Waals surface area contributed by atoms with E-state index in [9.17, 15) is 24.3 Å². The lowest BCUT2D eigenvalue weighted by Gasteiger charge is -2.23. The van der Waals surface area contributed by atoms with Gasteiger partial charge in [0.2, 0.25) is 0 Å². The zero-order chi connectivity index (χ0) is 43.1. The van der Waals surface area contributed by atoms with Crippen molar-refractivity contribution in [3.63, 3.8) is 0 Å². The molecule has 0 bridgehead atoms. The second-order valence-electron chi connectivity index (χ2n) is 15.3. The zero-order valence-electron chi connectivity index (χ0n) is 34.3. The average molecular weight is 802 g/mol. The summed E-state index contributed by atoms with van der Waals surface area (Å²) in [7, 11) is 1.56. The lowest BCUT2D eigenvalue weighted by Crippen LogP contribution is -2.34. The number of nitrogens with zero attached hydrogens (tertiary/aromatic N) is 6. The van der Waals surface area contributed by atoms with Crippen LogP contribution >= 0.6 is 0 Å². The molecule has 0 saturated heterocycles. The monoisotopic (exact) mass is 801 g/mol. The Morgan fingerprint density at radius 3 is 1.37 bits per heavy atom. The number of hydrogen-bond donors (Lipinski definition) is 4. The van der Waals surface area contributed by atoms with Gasteiger partial charge in [-0.3, -0.25) is 24.7 Å². The van der Waals surface area contributed by atoms with Gasteiger partial charge in [0.25, 0.3) is 5.91 Å². The van der Waals surface area contributed by atoms with Crippen molar-refractivity contribution in [3.05, 3.63) is 108 Å². The van der Waals surface area contributed by atoms with Gasteiger partial charge in [-0.25, -0.2) is 24.4 Å². The average Bonchev–Trinajstić information content (AvgIpc) is 3.18. The first-order chi connectivity index (χ1) is 27.9. The van der Waals surface area contributed by atoms with Gasteiger partial charge in [-0.1, -0.05) is 12.1 Å². The molecule has 6 aromatic heterocycles. The highest BCUT2D eigenvalue weighted by molar-refractivity contribution is 6.10. The van der Waals surface area contributed by atoms with Crippen molar-refractivity contribution in [2.24, 2.45) is 0 Å². The summed E-state index contributed by atoms with van der Waals surface area (Å²) >= 11 is 0. The van der Waals surface area contributed by atoms with Crippen LogP contribution in [0, 0.1) is 0 Å². The first kappa shape index (κ1) is 43.0. The minimum Gasteiger partial charge on any atom is -0.478 e. The van der Waals surface area contributed by atoms with Gasteiger partial charge in [0.05, 0.1) is 57.0 Å². The Bertz CT molecular complexity index is 2490. The fourth-order valence-corrected chi connectivity index (χ4v) is 6.05. The molecule has 2 unspecified atom stereocenters. The van der Waals surface area contributed by atoms with Crippen molar-refractivity contribution in [1.29, 1.82) is 0 Å². The number of fused-ring (bicyclic) bond motifs is 2. The Kier molecular flexibility index (Phi) is 13.1. The molecular weight excluding hydrogens is 755 g/mol. The predicted molar refractivity (Wildman–Crippen MR) is 221 cm³/mol. The maximum absolute atomic E-state index is 12.9. The van der Waals surface area contributed by atoms with Gasteiger partial charge in [0, 0.05) is 43.0 Å². The van der Waals surface area contributed by atoms with Crippen molar-refractivity contribution in [1.82, 2.24) is 45.9 Å². The number of carboxylic acid groups (broad SMARTS) is 1. The molecule has 16 nitrogen and oxygen atoms in total. The summed E-state index contributed by atoms with van der Waals surface area (Å²) in [6.45, 7) is 14.2. The van der Waals surface area contributed by atoms with E-state index < -0.39 is 41.4 Å². The quantitative estimate of drug-likeness (QED) is 0.117. The highest BCUT2D eigenvalue weighted by Gasteiger charge is 2.29. The summed E-state index contributed by atoms with van der Waals surface area (Å²) in [5.74, 6) is -1.46. The van der Waals surface area contributed by atoms with E-state index in [1.54, 1.807) is 136 Å². The first-order valence-electron chi connectivity index (χ1n) is 18.7. The lowest BCUT2D eigenvalue weighted by atomic mass is 9.96. The van der Waals surface area contributed by atoms with Gasteiger partial charge in [-0.2, -0.15) is 0 Å². The predicted octanol–water partition coefficient (Wildman–Crippen LogP) is 7.61. The number of ether oxygens (including phenoxy) is 2. The van der Waals surface area contributed by atoms with Crippen molar-refractivity contribution >= 4 is 46.1 Å². The second kappa shape index (κ2) is 18.0. The number of rotatable bonds is 8. The third-order valence-corrected chi connectivity index (χ3v) is 8.34. The molecule has 0 aliphatic rings. The molecular formula is C43H47N9O7. The standard InChI is InChI=1S/C22H25N5O3.C21H22N4O4/c1-13(26-21(29)30-22(2,3)4)18-16(14-9-6-7-11-24-14)17(20(28)23-5)19-15(27-18)10-8-12-25-19;1-12(24-20(28)29-21(2,3)4)17-15(13-8-5-6-10-22-13)16(19(26)27)18-14(25-17)9-7-11-23-18/h6-13H,1-5H3,(H,23,28)(H,26,29);5-12H,1-4H3,(H,24,28)(H,26,27). The Labute approximate surface area is 341 Å². The second-order valence-corrected chi connectivity index (χ2v) is 15.3. The summed E-state index contributed by atoms with van der Waals surface area (Å²) in [5.41, 5.74) is 3.41. The molecule has 59 heavy (non-hydrogen) atoms. The molecule has 0 fully saturated rings. The summed E-state index contributed by atoms with van der Waals surface area (Å²) in [6, 6.07) is 16.3. The Morgan fingerprint density at radius 2 is 1.00 bits per heavy atom. The van der Waals surface area contributed by atoms with Gasteiger partial charge < -0.3 is 30.5 Å². The zero-order valence-corrected chi connectivity index (χ0v) is 34.3. The van der Waals surface area contributed by atoms with Crippen LogP contribution in [0.1, 0.15) is 99.6 Å². The number of aromatic carboxylic acids is 1. The molecule has 2 atom stereocenters. The largest absolute Gasteiger partial charge is 0.478 e. The Morgan fingerprint density at radius 1 is 0.593 bits per heavy atom. The third-order valence-electron chi connectivity index (χ3n) is 8.34. The molecule has 306 valence electrons. The van der Waals surface area contributed by atoms with E-state index in [0.717, 1.165) is 0 Å². The number of pyridine rings is 6. The van der Waals surface area contributed by atoms with Crippen LogP contribution in [0.5, 0.6) is 0 Å². The normalized spacial score (nSPS) is 12.4. The lowest BCUT2D eigenvalue weighted by molar-refractivity contribution is 0.0495. The molecule has 0 aliphatic carbocycles. The van der Waals surface area contributed by atoms with Crippen molar-refractivity contribution in [2.45, 2.75) is 78.7 Å². The number of amides is 3. The van der Waals surface area contributed by atoms with Gasteiger partial charge >= 0.3 is 18.2 Å². The van der Waals surface area contributed by atoms with E-state index in [-0.39, 0.29) is 17.0 Å². The van der Waals surface area contributed by atoms with Gasteiger partial charge in [-0.05, 0) is 104 Å². The Hall–Kier alpha value is -7.10. The van der Waals surface area contributed by atoms with Crippen LogP contribution in [0.15, 0.2) is 85.5 Å². The highest BCUT2D eigenvalue weighted by Crippen LogP contribution is 2.35. The van der Waals surface area contributed by atoms with E-state index in [4.69, 9.17) is 14.5 Å². The van der Waals surface area contributed by atoms with E-state index in [1.807, 2.05) is 6.07 Å². The van der Waals surface area contributed by atoms with Crippen LogP contribution in [-0.4, -0.2) is 77.3 Å². The van der Waals surface area contributed by atoms with E-state index in [2.05, 4.69) is 40.9 Å². The highest BCUT2D eigenvalue weighted by atomic mass is 16.6. The third kappa shape index (κ3) is 10.7. The topological polar surface area (TPSA) is 220 Å². The molecule has 6 aromatic rings. The van der Waals surface area contributed by atoms with E-state index in [1.165, 1.54) is 6.20 Å². The van der Waals surface area contributed by atoms with E-state index >= 15 is 0 Å². The van der Waals surface area contributed by atoms with Crippen molar-refractivity contribution in [2.75, 3.05) is 7.05 Å². The molecule has 16 heteroatoms. The van der Waals surface area contributed by atoms with Gasteiger partial charge in [0.15, 0.2) is 0 Å². The van der Waals surface area contributed by atoms with Crippen molar-refractivity contribution in [3.8, 4) is 22.5 Å². The first-order valence-corrected chi connectivity index (χ1v) is 18.7. The minimum atomic E-state index is -1.15. The van der Waals surface area contributed by atoms with E-state index in [0.29, 0.717) is 56.0 Å². The van der Waals surface area contributed by atoms with Crippen molar-refractivity contribution < 1.29 is 33.8 Å². The summed E-state index contributed by atoms with van der Waals surface area (Å²) in [6.07, 6.45) is 5.14. The maximum atomic E-state index is 12.9. The molecule has 6 rings (SSSR count). The van der Waals surface area contributed by atoms with Crippen LogP contribution in [-0.2, 0) is 9.47 Å². The smallest absolute Gasteiger partial charge is 0.408 e. The number of carboxylic acids is 1. The minimum absolute atomic E-state index is 0.0119. The Balaban J connectivity index is 0.000000224. The molecule has 0 radical (unpaired) electrons. The molecule has 0 aromatic carbocycles. The maximum Gasteiger partial charge on any atom is 0.408 e. The molecule has 0 saturated carbocycles. The number of nitrogens with one attached hydrogen (secondary N) is 3. The van der Waals surface area contributed by atoms with Crippen LogP contribution < -0.4 is 16.0 Å². The van der Waals surface area contributed by atoms with Crippen LogP contribution in [0.3, 0.4) is 0 Å². The van der Waals surface area contributed by atoms with Crippen LogP contribution in [0.2, 0.25) is 0 Å². The fourth-order valence-electron chi connectivity index (χ4n) is 6.05.